The van der Waals surface area contributed by atoms with Crippen molar-refractivity contribution in [1.29, 1.82) is 0 Å². The molecule has 3 aliphatic rings. The second-order valence-corrected chi connectivity index (χ2v) is 10.2. The molecule has 6 rings (SSSR count). The molecule has 36 heavy (non-hydrogen) atoms. The van der Waals surface area contributed by atoms with Gasteiger partial charge in [0.05, 0.1) is 29.6 Å². The van der Waals surface area contributed by atoms with Crippen LogP contribution in [0.25, 0.3) is 17.3 Å². The maximum Gasteiger partial charge on any atom is 0.286 e. The van der Waals surface area contributed by atoms with Crippen LogP contribution < -0.4 is 5.43 Å². The van der Waals surface area contributed by atoms with Crippen molar-refractivity contribution >= 4 is 40.8 Å². The number of ether oxygens (including phenoxy) is 1. The Hall–Kier alpha value is -2.97. The number of aromatic nitrogens is 2. The number of allylic oxidation sites excluding steroid dienone is 1. The van der Waals surface area contributed by atoms with Crippen molar-refractivity contribution in [2.45, 2.75) is 13.0 Å². The third-order valence-corrected chi connectivity index (χ3v) is 7.47. The highest BCUT2D eigenvalue weighted by molar-refractivity contribution is 6.35. The smallest absolute Gasteiger partial charge is 0.286 e. The van der Waals surface area contributed by atoms with E-state index in [9.17, 15) is 9.18 Å². The topological polar surface area (TPSA) is 59.4 Å². The summed E-state index contributed by atoms with van der Waals surface area (Å²) in [6.45, 7) is 2.13. The Labute approximate surface area is 217 Å². The first kappa shape index (κ1) is 23.4. The monoisotopic (exact) mass is 524 g/mol. The summed E-state index contributed by atoms with van der Waals surface area (Å²) in [6, 6.07) is 11.4. The molecule has 1 amide bonds. The molecule has 6 nitrogen and oxygen atoms in total. The number of fused-ring (bicyclic) bond motifs is 2. The van der Waals surface area contributed by atoms with Crippen LogP contribution in [-0.4, -0.2) is 40.4 Å². The Morgan fingerprint density at radius 2 is 1.97 bits per heavy atom. The van der Waals surface area contributed by atoms with E-state index in [-0.39, 0.29) is 24.0 Å². The minimum atomic E-state index is -0.309. The fourth-order valence-electron chi connectivity index (χ4n) is 5.21. The normalized spacial score (nSPS) is 22.1. The Balaban J connectivity index is 1.41. The quantitative estimate of drug-likeness (QED) is 0.455. The molecule has 9 heteroatoms. The van der Waals surface area contributed by atoms with Crippen molar-refractivity contribution in [3.05, 3.63) is 93.0 Å². The number of carbonyl (C=O) groups excluding carboxylic acids is 1. The van der Waals surface area contributed by atoms with Crippen LogP contribution in [0.3, 0.4) is 0 Å². The summed E-state index contributed by atoms with van der Waals surface area (Å²) < 4.78 is 21.0. The zero-order valence-electron chi connectivity index (χ0n) is 19.3. The molecule has 0 bridgehead atoms. The maximum absolute atomic E-state index is 13.5. The number of nitrogens with zero attached hydrogens (tertiary/aromatic N) is 3. The van der Waals surface area contributed by atoms with E-state index >= 15 is 0 Å². The number of carbonyl (C=O) groups is 1. The molecule has 1 aliphatic carbocycles. The van der Waals surface area contributed by atoms with E-state index in [4.69, 9.17) is 33.0 Å². The van der Waals surface area contributed by atoms with E-state index in [1.54, 1.807) is 35.0 Å². The van der Waals surface area contributed by atoms with Gasteiger partial charge in [-0.05, 0) is 60.2 Å². The van der Waals surface area contributed by atoms with Gasteiger partial charge in [-0.1, -0.05) is 47.5 Å². The number of hydrazine groups is 1. The van der Waals surface area contributed by atoms with Crippen LogP contribution in [0.2, 0.25) is 10.0 Å². The largest absolute Gasteiger partial charge is 0.372 e. The van der Waals surface area contributed by atoms with E-state index in [2.05, 4.69) is 17.6 Å². The van der Waals surface area contributed by atoms with E-state index in [1.165, 1.54) is 12.1 Å². The molecule has 3 heterocycles. The highest BCUT2D eigenvalue weighted by atomic mass is 35.5. The van der Waals surface area contributed by atoms with E-state index in [1.807, 2.05) is 11.1 Å². The number of rotatable bonds is 4. The van der Waals surface area contributed by atoms with Gasteiger partial charge < -0.3 is 4.74 Å². The van der Waals surface area contributed by atoms with Crippen molar-refractivity contribution in [1.82, 2.24) is 20.2 Å². The standard InChI is InChI=1S/C27H23Cl2FN4O2/c28-20-6-9-24(23(29)11-20)34-26-19(10-16-4-7-21(30)8-5-16)14-36-15-22(26)25(31-34)27(35)32-33-12-17-2-1-3-18(17)13-33/h1-2,4-11,17-18H,3,12-15H2,(H,32,35). The van der Waals surface area contributed by atoms with Gasteiger partial charge in [0.15, 0.2) is 5.69 Å². The first-order chi connectivity index (χ1) is 17.5. The number of hydrogen-bond donors (Lipinski definition) is 1. The Morgan fingerprint density at radius 1 is 1.14 bits per heavy atom. The zero-order chi connectivity index (χ0) is 24.8. The van der Waals surface area contributed by atoms with Gasteiger partial charge in [-0.2, -0.15) is 5.10 Å². The second kappa shape index (κ2) is 9.48. The highest BCUT2D eigenvalue weighted by Crippen LogP contribution is 2.35. The molecule has 2 aliphatic heterocycles. The molecule has 1 saturated heterocycles. The molecular formula is C27H23Cl2FN4O2. The molecule has 2 unspecified atom stereocenters. The predicted molar refractivity (Wildman–Crippen MR) is 137 cm³/mol. The number of amides is 1. The van der Waals surface area contributed by atoms with Gasteiger partial charge >= 0.3 is 0 Å². The summed E-state index contributed by atoms with van der Waals surface area (Å²) >= 11 is 12.7. The minimum Gasteiger partial charge on any atom is -0.372 e. The predicted octanol–water partition coefficient (Wildman–Crippen LogP) is 5.54. The lowest BCUT2D eigenvalue weighted by Crippen LogP contribution is -2.41. The minimum absolute atomic E-state index is 0.234. The lowest BCUT2D eigenvalue weighted by atomic mass is 10.0. The van der Waals surface area contributed by atoms with Crippen molar-refractivity contribution in [2.24, 2.45) is 11.8 Å². The first-order valence-electron chi connectivity index (χ1n) is 11.8. The van der Waals surface area contributed by atoms with E-state index < -0.39 is 0 Å². The molecule has 2 aromatic carbocycles. The molecule has 0 radical (unpaired) electrons. The van der Waals surface area contributed by atoms with Gasteiger partial charge in [0.1, 0.15) is 5.82 Å². The van der Waals surface area contributed by atoms with Gasteiger partial charge in [-0.15, -0.1) is 0 Å². The molecular weight excluding hydrogens is 502 g/mol. The fourth-order valence-corrected chi connectivity index (χ4v) is 5.70. The van der Waals surface area contributed by atoms with Gasteiger partial charge in [0, 0.05) is 29.2 Å². The number of nitrogens with one attached hydrogen (secondary N) is 1. The average molecular weight is 525 g/mol. The molecule has 184 valence electrons. The van der Waals surface area contributed by atoms with Crippen LogP contribution in [0.1, 0.15) is 33.7 Å². The first-order valence-corrected chi connectivity index (χ1v) is 12.6. The molecule has 0 saturated carbocycles. The van der Waals surface area contributed by atoms with Gasteiger partial charge in [-0.3, -0.25) is 10.2 Å². The third-order valence-electron chi connectivity index (χ3n) is 6.93. The van der Waals surface area contributed by atoms with Gasteiger partial charge in [0.2, 0.25) is 0 Å². The summed E-state index contributed by atoms with van der Waals surface area (Å²) in [5.74, 6) is 0.415. The van der Waals surface area contributed by atoms with Crippen molar-refractivity contribution in [3.63, 3.8) is 0 Å². The van der Waals surface area contributed by atoms with Crippen LogP contribution in [0, 0.1) is 17.7 Å². The maximum atomic E-state index is 13.5. The summed E-state index contributed by atoms with van der Waals surface area (Å²) in [5, 5.41) is 7.61. The molecule has 2 atom stereocenters. The van der Waals surface area contributed by atoms with Crippen LogP contribution in [0.4, 0.5) is 4.39 Å². The molecule has 1 N–H and O–H groups in total. The SMILES string of the molecule is O=C(NN1CC2C=CCC2C1)c1nn(-c2ccc(Cl)cc2Cl)c2c1COCC2=Cc1ccc(F)cc1. The molecule has 1 fully saturated rings. The van der Waals surface area contributed by atoms with Crippen LogP contribution in [0.15, 0.2) is 54.6 Å². The van der Waals surface area contributed by atoms with Gasteiger partial charge in [-0.25, -0.2) is 14.1 Å². The number of benzene rings is 2. The highest BCUT2D eigenvalue weighted by Gasteiger charge is 2.35. The average Bonchev–Trinajstić information content (AvgIpc) is 3.55. The fraction of sp³-hybridized carbons (Fsp3) is 0.259. The van der Waals surface area contributed by atoms with Crippen LogP contribution >= 0.6 is 23.2 Å². The Bertz CT molecular complexity index is 1400. The summed E-state index contributed by atoms with van der Waals surface area (Å²) in [6.07, 6.45) is 7.40. The second-order valence-electron chi connectivity index (χ2n) is 9.33. The third kappa shape index (κ3) is 4.37. The van der Waals surface area contributed by atoms with Gasteiger partial charge in [0.25, 0.3) is 5.91 Å². The number of halogens is 3. The molecule has 3 aromatic rings. The lowest BCUT2D eigenvalue weighted by Gasteiger charge is -2.20. The zero-order valence-corrected chi connectivity index (χ0v) is 20.8. The summed E-state index contributed by atoms with van der Waals surface area (Å²) in [5.41, 5.74) is 6.96. The summed E-state index contributed by atoms with van der Waals surface area (Å²) in [4.78, 5) is 13.5. The van der Waals surface area contributed by atoms with Crippen LogP contribution in [0.5, 0.6) is 0 Å². The summed E-state index contributed by atoms with van der Waals surface area (Å²) in [7, 11) is 0. The van der Waals surface area contributed by atoms with Crippen molar-refractivity contribution < 1.29 is 13.9 Å². The Kier molecular flexibility index (Phi) is 6.17. The van der Waals surface area contributed by atoms with Crippen molar-refractivity contribution in [3.8, 4) is 5.69 Å². The lowest BCUT2D eigenvalue weighted by molar-refractivity contribution is 0.0805. The van der Waals surface area contributed by atoms with Crippen molar-refractivity contribution in [2.75, 3.05) is 19.7 Å². The van der Waals surface area contributed by atoms with Crippen LogP contribution in [-0.2, 0) is 11.3 Å². The Morgan fingerprint density at radius 3 is 2.75 bits per heavy atom. The molecule has 1 aromatic heterocycles. The molecule has 0 spiro atoms. The van der Waals surface area contributed by atoms with E-state index in [0.717, 1.165) is 36.3 Å². The van der Waals surface area contributed by atoms with E-state index in [0.29, 0.717) is 39.7 Å². The number of hydrogen-bond acceptors (Lipinski definition) is 4.